The van der Waals surface area contributed by atoms with E-state index in [0.29, 0.717) is 5.69 Å². The number of rotatable bonds is 3. The number of anilines is 1. The van der Waals surface area contributed by atoms with Crippen molar-refractivity contribution < 1.29 is 4.79 Å². The number of thioether (sulfide) groups is 1. The molecule has 0 spiro atoms. The molecule has 0 aliphatic carbocycles. The molecule has 86 valence electrons. The molecule has 0 aliphatic rings. The van der Waals surface area contributed by atoms with Crippen molar-refractivity contribution in [1.29, 1.82) is 0 Å². The summed E-state index contributed by atoms with van der Waals surface area (Å²) in [5.41, 5.74) is 1.20. The number of carbonyl (C=O) groups is 1. The standard InChI is InChI=1S/C13H12N2OS/c1-17-11-6-4-5-10(9-11)15-13(16)12-7-2-3-8-14-12/h2-9H,1H3,(H,15,16). The average molecular weight is 244 g/mol. The van der Waals surface area contributed by atoms with Crippen LogP contribution >= 0.6 is 11.8 Å². The van der Waals surface area contributed by atoms with Gasteiger partial charge in [0.2, 0.25) is 0 Å². The normalized spacial score (nSPS) is 9.94. The van der Waals surface area contributed by atoms with Gasteiger partial charge in [0.25, 0.3) is 5.91 Å². The van der Waals surface area contributed by atoms with Crippen LogP contribution in [0.5, 0.6) is 0 Å². The van der Waals surface area contributed by atoms with Crippen molar-refractivity contribution in [3.8, 4) is 0 Å². The van der Waals surface area contributed by atoms with Gasteiger partial charge in [0.05, 0.1) is 0 Å². The minimum atomic E-state index is -0.191. The summed E-state index contributed by atoms with van der Waals surface area (Å²) >= 11 is 1.64. The first kappa shape index (κ1) is 11.7. The molecule has 0 saturated heterocycles. The number of benzene rings is 1. The third kappa shape index (κ3) is 3.07. The highest BCUT2D eigenvalue weighted by Gasteiger charge is 2.06. The number of hydrogen-bond donors (Lipinski definition) is 1. The molecule has 1 N–H and O–H groups in total. The van der Waals surface area contributed by atoms with Crippen LogP contribution in [0, 0.1) is 0 Å². The van der Waals surface area contributed by atoms with Crippen LogP contribution < -0.4 is 5.32 Å². The molecule has 1 heterocycles. The molecule has 17 heavy (non-hydrogen) atoms. The maximum Gasteiger partial charge on any atom is 0.274 e. The zero-order chi connectivity index (χ0) is 12.1. The van der Waals surface area contributed by atoms with E-state index in [1.807, 2.05) is 30.5 Å². The zero-order valence-electron chi connectivity index (χ0n) is 9.38. The minimum absolute atomic E-state index is 0.191. The number of amides is 1. The number of aromatic nitrogens is 1. The number of nitrogens with one attached hydrogen (secondary N) is 1. The van der Waals surface area contributed by atoms with Crippen molar-refractivity contribution in [2.45, 2.75) is 4.90 Å². The van der Waals surface area contributed by atoms with E-state index in [4.69, 9.17) is 0 Å². The summed E-state index contributed by atoms with van der Waals surface area (Å²) in [5, 5.41) is 2.82. The fourth-order valence-electron chi connectivity index (χ4n) is 1.39. The smallest absolute Gasteiger partial charge is 0.274 e. The second kappa shape index (κ2) is 5.50. The molecule has 0 atom stereocenters. The summed E-state index contributed by atoms with van der Waals surface area (Å²) in [4.78, 5) is 16.9. The number of carbonyl (C=O) groups excluding carboxylic acids is 1. The van der Waals surface area contributed by atoms with Gasteiger partial charge in [-0.15, -0.1) is 11.8 Å². The van der Waals surface area contributed by atoms with Gasteiger partial charge in [0.1, 0.15) is 5.69 Å². The summed E-state index contributed by atoms with van der Waals surface area (Å²) < 4.78 is 0. The predicted octanol–water partition coefficient (Wildman–Crippen LogP) is 3.06. The molecular weight excluding hydrogens is 232 g/mol. The SMILES string of the molecule is CSc1cccc(NC(=O)c2ccccn2)c1. The van der Waals surface area contributed by atoms with Crippen LogP contribution in [0.4, 0.5) is 5.69 Å². The van der Waals surface area contributed by atoms with Crippen LogP contribution in [0.15, 0.2) is 53.6 Å². The summed E-state index contributed by atoms with van der Waals surface area (Å²) in [6.07, 6.45) is 3.60. The fraction of sp³-hybridized carbons (Fsp3) is 0.0769. The Balaban J connectivity index is 2.13. The first-order valence-corrected chi connectivity index (χ1v) is 6.38. The predicted molar refractivity (Wildman–Crippen MR) is 70.4 cm³/mol. The summed E-state index contributed by atoms with van der Waals surface area (Å²) in [7, 11) is 0. The lowest BCUT2D eigenvalue weighted by atomic mass is 10.3. The molecule has 2 aromatic rings. The van der Waals surface area contributed by atoms with Crippen molar-refractivity contribution >= 4 is 23.4 Å². The lowest BCUT2D eigenvalue weighted by Crippen LogP contribution is -2.13. The Morgan fingerprint density at radius 2 is 2.12 bits per heavy atom. The highest BCUT2D eigenvalue weighted by Crippen LogP contribution is 2.19. The van der Waals surface area contributed by atoms with Gasteiger partial charge in [-0.1, -0.05) is 12.1 Å². The van der Waals surface area contributed by atoms with Gasteiger partial charge in [-0.2, -0.15) is 0 Å². The Kier molecular flexibility index (Phi) is 3.77. The molecule has 1 amide bonds. The van der Waals surface area contributed by atoms with Crippen molar-refractivity contribution in [2.24, 2.45) is 0 Å². The van der Waals surface area contributed by atoms with Crippen molar-refractivity contribution in [1.82, 2.24) is 4.98 Å². The van der Waals surface area contributed by atoms with E-state index >= 15 is 0 Å². The maximum atomic E-state index is 11.8. The Labute approximate surface area is 104 Å². The Morgan fingerprint density at radius 1 is 1.24 bits per heavy atom. The lowest BCUT2D eigenvalue weighted by Gasteiger charge is -2.05. The molecule has 0 unspecified atom stereocenters. The Morgan fingerprint density at radius 3 is 2.82 bits per heavy atom. The molecule has 0 saturated carbocycles. The van der Waals surface area contributed by atoms with Gasteiger partial charge >= 0.3 is 0 Å². The van der Waals surface area contributed by atoms with Gasteiger partial charge in [-0.05, 0) is 36.6 Å². The summed E-state index contributed by atoms with van der Waals surface area (Å²) in [6, 6.07) is 13.0. The van der Waals surface area contributed by atoms with E-state index in [-0.39, 0.29) is 5.91 Å². The van der Waals surface area contributed by atoms with E-state index in [9.17, 15) is 4.79 Å². The largest absolute Gasteiger partial charge is 0.321 e. The molecule has 0 aliphatic heterocycles. The average Bonchev–Trinajstić information content (AvgIpc) is 2.40. The van der Waals surface area contributed by atoms with Crippen LogP contribution in [0.3, 0.4) is 0 Å². The van der Waals surface area contributed by atoms with Crippen molar-refractivity contribution in [2.75, 3.05) is 11.6 Å². The molecule has 0 radical (unpaired) electrons. The maximum absolute atomic E-state index is 11.8. The van der Waals surface area contributed by atoms with Gasteiger partial charge in [-0.25, -0.2) is 0 Å². The van der Waals surface area contributed by atoms with Gasteiger partial charge in [0, 0.05) is 16.8 Å². The summed E-state index contributed by atoms with van der Waals surface area (Å²) in [5.74, 6) is -0.191. The van der Waals surface area contributed by atoms with Crippen LogP contribution in [0.25, 0.3) is 0 Å². The van der Waals surface area contributed by atoms with Crippen molar-refractivity contribution in [3.63, 3.8) is 0 Å². The second-order valence-corrected chi connectivity index (χ2v) is 4.28. The van der Waals surface area contributed by atoms with E-state index in [1.54, 1.807) is 36.2 Å². The Bertz CT molecular complexity index is 514. The first-order valence-electron chi connectivity index (χ1n) is 5.16. The summed E-state index contributed by atoms with van der Waals surface area (Å²) in [6.45, 7) is 0. The molecule has 0 bridgehead atoms. The molecular formula is C13H12N2OS. The molecule has 0 fully saturated rings. The van der Waals surface area contributed by atoms with Crippen LogP contribution in [0.2, 0.25) is 0 Å². The molecule has 3 nitrogen and oxygen atoms in total. The van der Waals surface area contributed by atoms with Crippen molar-refractivity contribution in [3.05, 3.63) is 54.4 Å². The highest BCUT2D eigenvalue weighted by atomic mass is 32.2. The third-order valence-electron chi connectivity index (χ3n) is 2.23. The van der Waals surface area contributed by atoms with Crippen LogP contribution in [-0.4, -0.2) is 17.1 Å². The highest BCUT2D eigenvalue weighted by molar-refractivity contribution is 7.98. The van der Waals surface area contributed by atoms with E-state index < -0.39 is 0 Å². The van der Waals surface area contributed by atoms with Gasteiger partial charge in [-0.3, -0.25) is 9.78 Å². The van der Waals surface area contributed by atoms with E-state index in [2.05, 4.69) is 10.3 Å². The fourth-order valence-corrected chi connectivity index (χ4v) is 1.85. The minimum Gasteiger partial charge on any atom is -0.321 e. The number of hydrogen-bond acceptors (Lipinski definition) is 3. The first-order chi connectivity index (χ1) is 8.29. The molecule has 2 rings (SSSR count). The number of pyridine rings is 1. The Hall–Kier alpha value is -1.81. The van der Waals surface area contributed by atoms with E-state index in [1.165, 1.54) is 0 Å². The monoisotopic (exact) mass is 244 g/mol. The second-order valence-electron chi connectivity index (χ2n) is 3.40. The third-order valence-corrected chi connectivity index (χ3v) is 2.95. The van der Waals surface area contributed by atoms with Crippen LogP contribution in [-0.2, 0) is 0 Å². The van der Waals surface area contributed by atoms with Gasteiger partial charge in [0.15, 0.2) is 0 Å². The molecule has 4 heteroatoms. The lowest BCUT2D eigenvalue weighted by molar-refractivity contribution is 0.102. The molecule has 1 aromatic heterocycles. The van der Waals surface area contributed by atoms with E-state index in [0.717, 1.165) is 10.6 Å². The topological polar surface area (TPSA) is 42.0 Å². The quantitative estimate of drug-likeness (QED) is 0.844. The molecule has 1 aromatic carbocycles. The van der Waals surface area contributed by atoms with Gasteiger partial charge < -0.3 is 5.32 Å². The van der Waals surface area contributed by atoms with Crippen LogP contribution in [0.1, 0.15) is 10.5 Å². The number of nitrogens with zero attached hydrogens (tertiary/aromatic N) is 1. The zero-order valence-corrected chi connectivity index (χ0v) is 10.2.